The van der Waals surface area contributed by atoms with E-state index in [-0.39, 0.29) is 6.04 Å². The van der Waals surface area contributed by atoms with Crippen molar-refractivity contribution in [3.63, 3.8) is 0 Å². The van der Waals surface area contributed by atoms with Crippen molar-refractivity contribution < 1.29 is 8.42 Å². The topological polar surface area (TPSA) is 52.7 Å². The van der Waals surface area contributed by atoms with E-state index in [0.29, 0.717) is 30.1 Å². The Morgan fingerprint density at radius 2 is 1.86 bits per heavy atom. The standard InChI is InChI=1S/C14H29N3O2S2/c1-4-15-9-14-7-5-6-8-17(14)21(18,19)16-10-12(2)20-13(3)11-16/h12-15H,4-11H2,1-3H3. The first-order valence-corrected chi connectivity index (χ1v) is 10.4. The molecule has 2 saturated heterocycles. The molecule has 21 heavy (non-hydrogen) atoms. The number of hydrogen-bond donors (Lipinski definition) is 1. The zero-order valence-electron chi connectivity index (χ0n) is 13.4. The Balaban J connectivity index is 2.11. The minimum atomic E-state index is -3.32. The molecule has 0 radical (unpaired) electrons. The van der Waals surface area contributed by atoms with E-state index in [0.717, 1.165) is 32.4 Å². The molecule has 0 bridgehead atoms. The lowest BCUT2D eigenvalue weighted by Crippen LogP contribution is -2.56. The number of likely N-dealkylation sites (N-methyl/N-ethyl adjacent to an activating group) is 1. The lowest BCUT2D eigenvalue weighted by atomic mass is 10.1. The lowest BCUT2D eigenvalue weighted by molar-refractivity contribution is 0.226. The average Bonchev–Trinajstić information content (AvgIpc) is 2.44. The van der Waals surface area contributed by atoms with Crippen LogP contribution < -0.4 is 5.32 Å². The second-order valence-corrected chi connectivity index (χ2v) is 9.91. The highest BCUT2D eigenvalue weighted by molar-refractivity contribution is 8.00. The first-order valence-electron chi connectivity index (χ1n) is 8.08. The molecular weight excluding hydrogens is 306 g/mol. The van der Waals surface area contributed by atoms with E-state index in [2.05, 4.69) is 26.1 Å². The highest BCUT2D eigenvalue weighted by Gasteiger charge is 2.39. The van der Waals surface area contributed by atoms with Crippen molar-refractivity contribution in [2.24, 2.45) is 0 Å². The van der Waals surface area contributed by atoms with Gasteiger partial charge in [-0.25, -0.2) is 0 Å². The van der Waals surface area contributed by atoms with Crippen molar-refractivity contribution >= 4 is 22.0 Å². The fourth-order valence-electron chi connectivity index (χ4n) is 3.26. The average molecular weight is 336 g/mol. The zero-order valence-corrected chi connectivity index (χ0v) is 15.0. The zero-order chi connectivity index (χ0) is 15.5. The Morgan fingerprint density at radius 1 is 1.19 bits per heavy atom. The molecule has 2 heterocycles. The van der Waals surface area contributed by atoms with Crippen molar-refractivity contribution in [1.82, 2.24) is 13.9 Å². The Kier molecular flexibility index (Phi) is 6.38. The Morgan fingerprint density at radius 3 is 2.48 bits per heavy atom. The number of hydrogen-bond acceptors (Lipinski definition) is 4. The molecule has 0 aromatic rings. The molecule has 7 heteroatoms. The maximum Gasteiger partial charge on any atom is 0.282 e. The van der Waals surface area contributed by atoms with E-state index < -0.39 is 10.2 Å². The van der Waals surface area contributed by atoms with Crippen LogP contribution in [0.3, 0.4) is 0 Å². The van der Waals surface area contributed by atoms with Crippen LogP contribution in [0.1, 0.15) is 40.0 Å². The molecular formula is C14H29N3O2S2. The van der Waals surface area contributed by atoms with Crippen molar-refractivity contribution in [2.75, 3.05) is 32.7 Å². The summed E-state index contributed by atoms with van der Waals surface area (Å²) in [7, 11) is -3.32. The summed E-state index contributed by atoms with van der Waals surface area (Å²) in [5.41, 5.74) is 0. The summed E-state index contributed by atoms with van der Waals surface area (Å²) in [6, 6.07) is 0.115. The predicted molar refractivity (Wildman–Crippen MR) is 89.9 cm³/mol. The predicted octanol–water partition coefficient (Wildman–Crippen LogP) is 1.52. The summed E-state index contributed by atoms with van der Waals surface area (Å²) >= 11 is 1.89. The largest absolute Gasteiger partial charge is 0.315 e. The van der Waals surface area contributed by atoms with Gasteiger partial charge in [0.2, 0.25) is 0 Å². The second-order valence-electron chi connectivity index (χ2n) is 6.15. The van der Waals surface area contributed by atoms with E-state index in [9.17, 15) is 8.42 Å². The molecule has 2 fully saturated rings. The van der Waals surface area contributed by atoms with E-state index in [1.54, 1.807) is 8.61 Å². The molecule has 0 amide bonds. The Labute approximate surface area is 134 Å². The summed E-state index contributed by atoms with van der Waals surface area (Å²) in [4.78, 5) is 0. The first-order chi connectivity index (χ1) is 9.95. The molecule has 3 atom stereocenters. The molecule has 0 aromatic heterocycles. The highest BCUT2D eigenvalue weighted by Crippen LogP contribution is 2.29. The van der Waals surface area contributed by atoms with E-state index in [4.69, 9.17) is 0 Å². The molecule has 2 aliphatic rings. The normalized spacial score (nSPS) is 33.2. The molecule has 2 aliphatic heterocycles. The summed E-state index contributed by atoms with van der Waals surface area (Å²) in [6.07, 6.45) is 3.08. The number of nitrogens with one attached hydrogen (secondary N) is 1. The summed E-state index contributed by atoms with van der Waals surface area (Å²) < 4.78 is 29.5. The third kappa shape index (κ3) is 4.34. The maximum absolute atomic E-state index is 13.0. The van der Waals surface area contributed by atoms with Gasteiger partial charge in [0.05, 0.1) is 0 Å². The van der Waals surface area contributed by atoms with E-state index >= 15 is 0 Å². The monoisotopic (exact) mass is 335 g/mol. The quantitative estimate of drug-likeness (QED) is 0.828. The summed E-state index contributed by atoms with van der Waals surface area (Å²) in [6.45, 7) is 9.91. The number of piperidine rings is 1. The van der Waals surface area contributed by atoms with Crippen LogP contribution in [0.5, 0.6) is 0 Å². The minimum absolute atomic E-state index is 0.115. The van der Waals surface area contributed by atoms with E-state index in [1.807, 2.05) is 11.8 Å². The van der Waals surface area contributed by atoms with Crippen LogP contribution in [0.2, 0.25) is 0 Å². The van der Waals surface area contributed by atoms with Gasteiger partial charge in [-0.15, -0.1) is 0 Å². The molecule has 1 N–H and O–H groups in total. The molecule has 3 unspecified atom stereocenters. The van der Waals surface area contributed by atoms with Crippen LogP contribution in [0.4, 0.5) is 0 Å². The fraction of sp³-hybridized carbons (Fsp3) is 1.00. The fourth-order valence-corrected chi connectivity index (χ4v) is 6.81. The van der Waals surface area contributed by atoms with Crippen molar-refractivity contribution in [3.05, 3.63) is 0 Å². The molecule has 0 aliphatic carbocycles. The molecule has 0 saturated carbocycles. The van der Waals surface area contributed by atoms with Crippen molar-refractivity contribution in [1.29, 1.82) is 0 Å². The van der Waals surface area contributed by atoms with Gasteiger partial charge in [-0.3, -0.25) is 0 Å². The van der Waals surface area contributed by atoms with Gasteiger partial charge in [0.25, 0.3) is 10.2 Å². The molecule has 5 nitrogen and oxygen atoms in total. The second kappa shape index (κ2) is 7.64. The van der Waals surface area contributed by atoms with Gasteiger partial charge >= 0.3 is 0 Å². The minimum Gasteiger partial charge on any atom is -0.315 e. The summed E-state index contributed by atoms with van der Waals surface area (Å²) in [5, 5.41) is 4.06. The van der Waals surface area contributed by atoms with Crippen LogP contribution in [0.25, 0.3) is 0 Å². The van der Waals surface area contributed by atoms with Gasteiger partial charge in [0.15, 0.2) is 0 Å². The lowest BCUT2D eigenvalue weighted by Gasteiger charge is -2.41. The van der Waals surface area contributed by atoms with E-state index in [1.165, 1.54) is 0 Å². The summed E-state index contributed by atoms with van der Waals surface area (Å²) in [5.74, 6) is 0. The Hall–Kier alpha value is 0.180. The number of nitrogens with zero attached hydrogens (tertiary/aromatic N) is 2. The highest BCUT2D eigenvalue weighted by atomic mass is 32.2. The smallest absolute Gasteiger partial charge is 0.282 e. The molecule has 2 rings (SSSR count). The number of thioether (sulfide) groups is 1. The Bertz CT molecular complexity index is 420. The van der Waals surface area contributed by atoms with Crippen LogP contribution >= 0.6 is 11.8 Å². The first kappa shape index (κ1) is 17.5. The van der Waals surface area contributed by atoms with Crippen molar-refractivity contribution in [3.8, 4) is 0 Å². The third-order valence-electron chi connectivity index (χ3n) is 4.21. The SMILES string of the molecule is CCNCC1CCCCN1S(=O)(=O)N1CC(C)SC(C)C1. The van der Waals surface area contributed by atoms with Crippen LogP contribution in [-0.2, 0) is 10.2 Å². The van der Waals surface area contributed by atoms with Crippen molar-refractivity contribution in [2.45, 2.75) is 56.6 Å². The maximum atomic E-state index is 13.0. The molecule has 0 aromatic carbocycles. The van der Waals surface area contributed by atoms with Crippen LogP contribution in [0.15, 0.2) is 0 Å². The van der Waals surface area contributed by atoms with Gasteiger partial charge in [-0.1, -0.05) is 27.2 Å². The van der Waals surface area contributed by atoms with Gasteiger partial charge in [-0.05, 0) is 19.4 Å². The van der Waals surface area contributed by atoms with Crippen LogP contribution in [-0.4, -0.2) is 66.3 Å². The molecule has 0 spiro atoms. The van der Waals surface area contributed by atoms with Gasteiger partial charge < -0.3 is 5.32 Å². The third-order valence-corrected chi connectivity index (χ3v) is 7.46. The van der Waals surface area contributed by atoms with Gasteiger partial charge in [0.1, 0.15) is 0 Å². The van der Waals surface area contributed by atoms with Gasteiger partial charge in [-0.2, -0.15) is 28.8 Å². The van der Waals surface area contributed by atoms with Crippen LogP contribution in [0, 0.1) is 0 Å². The number of rotatable bonds is 5. The van der Waals surface area contributed by atoms with Gasteiger partial charge in [0, 0.05) is 42.7 Å². The molecule has 124 valence electrons.